The van der Waals surface area contributed by atoms with E-state index in [1.165, 1.54) is 12.3 Å². The summed E-state index contributed by atoms with van der Waals surface area (Å²) in [6.07, 6.45) is 2.59. The van der Waals surface area contributed by atoms with Crippen molar-refractivity contribution in [1.82, 2.24) is 0 Å². The van der Waals surface area contributed by atoms with E-state index in [1.54, 1.807) is 16.7 Å². The number of benzene rings is 1. The zero-order chi connectivity index (χ0) is 17.7. The van der Waals surface area contributed by atoms with Gasteiger partial charge in [-0.3, -0.25) is 0 Å². The monoisotopic (exact) mass is 352 g/mol. The minimum Gasteiger partial charge on any atom is -0.0969 e. The van der Waals surface area contributed by atoms with E-state index < -0.39 is 0 Å². The van der Waals surface area contributed by atoms with Crippen LogP contribution in [0.5, 0.6) is 0 Å². The van der Waals surface area contributed by atoms with E-state index in [0.717, 1.165) is 22.6 Å². The summed E-state index contributed by atoms with van der Waals surface area (Å²) < 4.78 is 0. The van der Waals surface area contributed by atoms with Crippen molar-refractivity contribution >= 4 is 15.8 Å². The number of hydrogen-bond donors (Lipinski definition) is 0. The molecule has 0 saturated heterocycles. The van der Waals surface area contributed by atoms with Crippen molar-refractivity contribution in [2.24, 2.45) is 0 Å². The molecule has 0 aliphatic carbocycles. The van der Waals surface area contributed by atoms with Crippen LogP contribution in [0.15, 0.2) is 18.2 Å². The predicted molar refractivity (Wildman–Crippen MR) is 113 cm³/mol. The van der Waals surface area contributed by atoms with Gasteiger partial charge in [0.05, 0.1) is 0 Å². The van der Waals surface area contributed by atoms with Gasteiger partial charge in [0.2, 0.25) is 0 Å². The molecule has 0 bridgehead atoms. The lowest BCUT2D eigenvalue weighted by molar-refractivity contribution is 0.987. The molecule has 2 heteroatoms. The molecule has 0 nitrogen and oxygen atoms in total. The maximum absolute atomic E-state index is 2.40. The first-order valence-electron chi connectivity index (χ1n) is 9.24. The summed E-state index contributed by atoms with van der Waals surface area (Å²) in [7, 11) is 0.153. The van der Waals surface area contributed by atoms with Crippen molar-refractivity contribution in [1.29, 1.82) is 0 Å². The Balaban J connectivity index is 3.02. The summed E-state index contributed by atoms with van der Waals surface area (Å²) in [4.78, 5) is 0. The lowest BCUT2D eigenvalue weighted by Crippen LogP contribution is -2.08. The summed E-state index contributed by atoms with van der Waals surface area (Å²) in [5.74, 6) is 0. The molecule has 1 aromatic carbocycles. The van der Waals surface area contributed by atoms with Crippen molar-refractivity contribution in [3.63, 3.8) is 0 Å². The van der Waals surface area contributed by atoms with Gasteiger partial charge in [-0.1, -0.05) is 89.4 Å². The number of rotatable bonds is 8. The van der Waals surface area contributed by atoms with Gasteiger partial charge in [-0.05, 0) is 58.6 Å². The molecule has 1 aromatic rings. The fraction of sp³-hybridized carbons (Fsp3) is 0.714. The zero-order valence-electron chi connectivity index (χ0n) is 16.9. The standard InChI is InChI=1S/C21H38P2/c1-15(2)22(16(3)4)13-20-11-10-12-21(19(20)9)14-23(17(5)6)18(7)8/h10-12,15-18H,13-14H2,1-9H3. The molecule has 132 valence electrons. The van der Waals surface area contributed by atoms with E-state index in [1.807, 2.05) is 0 Å². The molecule has 0 N–H and O–H groups in total. The van der Waals surface area contributed by atoms with Crippen LogP contribution in [0.1, 0.15) is 72.1 Å². The van der Waals surface area contributed by atoms with Gasteiger partial charge in [0, 0.05) is 0 Å². The topological polar surface area (TPSA) is 0 Å². The van der Waals surface area contributed by atoms with Gasteiger partial charge in [0.1, 0.15) is 0 Å². The maximum atomic E-state index is 2.40. The molecule has 0 atom stereocenters. The lowest BCUT2D eigenvalue weighted by Gasteiger charge is -2.29. The Morgan fingerprint density at radius 1 is 0.652 bits per heavy atom. The van der Waals surface area contributed by atoms with E-state index in [2.05, 4.69) is 80.5 Å². The van der Waals surface area contributed by atoms with E-state index in [4.69, 9.17) is 0 Å². The van der Waals surface area contributed by atoms with Crippen molar-refractivity contribution in [3.8, 4) is 0 Å². The highest BCUT2D eigenvalue weighted by molar-refractivity contribution is 7.58. The van der Waals surface area contributed by atoms with Crippen LogP contribution in [0.2, 0.25) is 0 Å². The van der Waals surface area contributed by atoms with Gasteiger partial charge >= 0.3 is 0 Å². The first-order valence-corrected chi connectivity index (χ1v) is 12.6. The maximum Gasteiger partial charge on any atom is -0.00658 e. The first-order chi connectivity index (χ1) is 10.6. The Morgan fingerprint density at radius 3 is 1.22 bits per heavy atom. The van der Waals surface area contributed by atoms with Gasteiger partial charge in [-0.2, -0.15) is 0 Å². The van der Waals surface area contributed by atoms with E-state index in [-0.39, 0.29) is 15.8 Å². The Morgan fingerprint density at radius 2 is 0.957 bits per heavy atom. The summed E-state index contributed by atoms with van der Waals surface area (Å²) in [5, 5.41) is 0. The van der Waals surface area contributed by atoms with Crippen molar-refractivity contribution in [2.45, 2.75) is 97.3 Å². The van der Waals surface area contributed by atoms with Crippen molar-refractivity contribution in [3.05, 3.63) is 34.9 Å². The van der Waals surface area contributed by atoms with Crippen LogP contribution in [0.25, 0.3) is 0 Å². The van der Waals surface area contributed by atoms with Gasteiger partial charge in [-0.25, -0.2) is 0 Å². The second-order valence-electron chi connectivity index (χ2n) is 7.92. The van der Waals surface area contributed by atoms with Crippen LogP contribution in [-0.2, 0) is 12.3 Å². The summed E-state index contributed by atoms with van der Waals surface area (Å²) >= 11 is 0. The highest BCUT2D eigenvalue weighted by Gasteiger charge is 2.21. The smallest absolute Gasteiger partial charge is 0.00658 e. The van der Waals surface area contributed by atoms with Gasteiger partial charge in [0.15, 0.2) is 0 Å². The van der Waals surface area contributed by atoms with Gasteiger partial charge in [-0.15, -0.1) is 0 Å². The normalized spacial score (nSPS) is 12.7. The fourth-order valence-electron chi connectivity index (χ4n) is 3.40. The SMILES string of the molecule is Cc1c(CP(C(C)C)C(C)C)cccc1CP(C(C)C)C(C)C. The molecular weight excluding hydrogens is 314 g/mol. The molecule has 0 radical (unpaired) electrons. The number of hydrogen-bond acceptors (Lipinski definition) is 0. The Labute approximate surface area is 148 Å². The second kappa shape index (κ2) is 9.53. The highest BCUT2D eigenvalue weighted by Crippen LogP contribution is 2.51. The quantitative estimate of drug-likeness (QED) is 0.423. The molecule has 0 aliphatic heterocycles. The van der Waals surface area contributed by atoms with Crippen LogP contribution in [0.3, 0.4) is 0 Å². The van der Waals surface area contributed by atoms with Crippen molar-refractivity contribution in [2.75, 3.05) is 0 Å². The Bertz CT molecular complexity index is 418. The minimum absolute atomic E-state index is 0.0765. The molecule has 0 saturated carbocycles. The van der Waals surface area contributed by atoms with Crippen LogP contribution >= 0.6 is 15.8 Å². The Hall–Kier alpha value is 0.0800. The molecule has 0 spiro atoms. The molecule has 23 heavy (non-hydrogen) atoms. The molecule has 0 unspecified atom stereocenters. The highest BCUT2D eigenvalue weighted by atomic mass is 31.1. The van der Waals surface area contributed by atoms with E-state index in [9.17, 15) is 0 Å². The van der Waals surface area contributed by atoms with E-state index in [0.29, 0.717) is 0 Å². The van der Waals surface area contributed by atoms with E-state index >= 15 is 0 Å². The summed E-state index contributed by atoms with van der Waals surface area (Å²) in [6, 6.07) is 7.07. The Kier molecular flexibility index (Phi) is 8.76. The molecule has 0 aromatic heterocycles. The minimum atomic E-state index is 0.0765. The second-order valence-corrected chi connectivity index (χ2v) is 14.7. The third-order valence-corrected chi connectivity index (χ3v) is 11.6. The van der Waals surface area contributed by atoms with Crippen LogP contribution in [0, 0.1) is 6.92 Å². The first kappa shape index (κ1) is 21.1. The molecule has 0 aliphatic rings. The summed E-state index contributed by atoms with van der Waals surface area (Å²) in [5.41, 5.74) is 8.06. The summed E-state index contributed by atoms with van der Waals surface area (Å²) in [6.45, 7) is 21.6. The molecule has 0 heterocycles. The van der Waals surface area contributed by atoms with Gasteiger partial charge in [0.25, 0.3) is 0 Å². The molecule has 0 amide bonds. The fourth-order valence-corrected chi connectivity index (χ4v) is 8.71. The molecule has 1 rings (SSSR count). The van der Waals surface area contributed by atoms with Gasteiger partial charge < -0.3 is 0 Å². The zero-order valence-corrected chi connectivity index (χ0v) is 18.6. The molecular formula is C21H38P2. The third-order valence-electron chi connectivity index (χ3n) is 4.92. The predicted octanol–water partition coefficient (Wildman–Crippen LogP) is 7.59. The van der Waals surface area contributed by atoms with Crippen molar-refractivity contribution < 1.29 is 0 Å². The van der Waals surface area contributed by atoms with Crippen LogP contribution in [0.4, 0.5) is 0 Å². The molecule has 0 fully saturated rings. The average molecular weight is 352 g/mol. The third kappa shape index (κ3) is 6.14. The lowest BCUT2D eigenvalue weighted by atomic mass is 10.1. The van der Waals surface area contributed by atoms with Crippen LogP contribution < -0.4 is 0 Å². The largest absolute Gasteiger partial charge is 0.0969 e. The average Bonchev–Trinajstić information content (AvgIpc) is 2.43. The van der Waals surface area contributed by atoms with Crippen LogP contribution in [-0.4, -0.2) is 22.6 Å².